The van der Waals surface area contributed by atoms with Crippen molar-refractivity contribution < 1.29 is 0 Å². The lowest BCUT2D eigenvalue weighted by Gasteiger charge is -2.01. The minimum atomic E-state index is 0.790. The second kappa shape index (κ2) is 4.08. The van der Waals surface area contributed by atoms with E-state index in [-0.39, 0.29) is 0 Å². The molecule has 2 aromatic heterocycles. The molecule has 5 nitrogen and oxygen atoms in total. The van der Waals surface area contributed by atoms with Crippen molar-refractivity contribution in [3.8, 4) is 0 Å². The minimum absolute atomic E-state index is 0.790. The zero-order chi connectivity index (χ0) is 10.7. The number of nitrogens with one attached hydrogen (secondary N) is 1. The fourth-order valence-electron chi connectivity index (χ4n) is 1.27. The third kappa shape index (κ3) is 2.31. The van der Waals surface area contributed by atoms with Crippen LogP contribution in [0.5, 0.6) is 0 Å². The summed E-state index contributed by atoms with van der Waals surface area (Å²) in [4.78, 5) is 8.14. The maximum atomic E-state index is 4.16. The summed E-state index contributed by atoms with van der Waals surface area (Å²) in [5, 5.41) is 7.33. The normalized spacial score (nSPS) is 10.3. The Morgan fingerprint density at radius 3 is 2.93 bits per heavy atom. The Labute approximate surface area is 88.2 Å². The summed E-state index contributed by atoms with van der Waals surface area (Å²) in [5.41, 5.74) is 1.88. The molecule has 15 heavy (non-hydrogen) atoms. The van der Waals surface area contributed by atoms with Gasteiger partial charge in [0.25, 0.3) is 0 Å². The van der Waals surface area contributed by atoms with Crippen molar-refractivity contribution in [3.63, 3.8) is 0 Å². The Morgan fingerprint density at radius 2 is 2.27 bits per heavy atom. The number of aromatic nitrogens is 4. The van der Waals surface area contributed by atoms with E-state index in [0.717, 1.165) is 23.7 Å². The summed E-state index contributed by atoms with van der Waals surface area (Å²) >= 11 is 0. The van der Waals surface area contributed by atoms with E-state index in [9.17, 15) is 0 Å². The minimum Gasteiger partial charge on any atom is -0.338 e. The molecule has 0 saturated carbocycles. The van der Waals surface area contributed by atoms with Gasteiger partial charge in [0.2, 0.25) is 0 Å². The van der Waals surface area contributed by atoms with Crippen molar-refractivity contribution in [2.75, 3.05) is 5.32 Å². The molecule has 0 saturated heterocycles. The zero-order valence-electron chi connectivity index (χ0n) is 8.81. The van der Waals surface area contributed by atoms with Gasteiger partial charge in [-0.05, 0) is 13.8 Å². The van der Waals surface area contributed by atoms with Crippen LogP contribution >= 0.6 is 0 Å². The van der Waals surface area contributed by atoms with Gasteiger partial charge in [0.15, 0.2) is 0 Å². The number of anilines is 2. The largest absolute Gasteiger partial charge is 0.338 e. The van der Waals surface area contributed by atoms with E-state index in [1.54, 1.807) is 12.5 Å². The molecule has 2 aromatic rings. The van der Waals surface area contributed by atoms with Gasteiger partial charge in [-0.15, -0.1) is 0 Å². The Kier molecular flexibility index (Phi) is 2.62. The topological polar surface area (TPSA) is 55.6 Å². The summed E-state index contributed by atoms with van der Waals surface area (Å²) in [6.45, 7) is 4.85. The molecule has 0 aliphatic heterocycles. The van der Waals surface area contributed by atoms with E-state index in [1.165, 1.54) is 0 Å². The van der Waals surface area contributed by atoms with Crippen molar-refractivity contribution in [1.29, 1.82) is 0 Å². The van der Waals surface area contributed by atoms with E-state index >= 15 is 0 Å². The molecule has 2 heterocycles. The van der Waals surface area contributed by atoms with Gasteiger partial charge in [-0.3, -0.25) is 4.68 Å². The summed E-state index contributed by atoms with van der Waals surface area (Å²) in [5.74, 6) is 0.790. The molecular formula is C10H13N5. The smallest absolute Gasteiger partial charge is 0.134 e. The van der Waals surface area contributed by atoms with Crippen LogP contribution in [-0.4, -0.2) is 19.7 Å². The molecule has 0 aromatic carbocycles. The van der Waals surface area contributed by atoms with Crippen molar-refractivity contribution in [1.82, 2.24) is 19.7 Å². The fraction of sp³-hybridized carbons (Fsp3) is 0.300. The highest BCUT2D eigenvalue weighted by molar-refractivity contribution is 5.53. The molecular weight excluding hydrogens is 190 g/mol. The first-order valence-corrected chi connectivity index (χ1v) is 4.86. The second-order valence-electron chi connectivity index (χ2n) is 3.25. The van der Waals surface area contributed by atoms with Crippen LogP contribution < -0.4 is 5.32 Å². The van der Waals surface area contributed by atoms with E-state index in [0.29, 0.717) is 0 Å². The molecule has 0 aliphatic rings. The van der Waals surface area contributed by atoms with Crippen molar-refractivity contribution in [3.05, 3.63) is 30.5 Å². The summed E-state index contributed by atoms with van der Waals surface area (Å²) < 4.78 is 1.86. The molecule has 0 unspecified atom stereocenters. The number of rotatable bonds is 3. The number of hydrogen-bond acceptors (Lipinski definition) is 4. The van der Waals surface area contributed by atoms with Crippen LogP contribution in [0, 0.1) is 6.92 Å². The monoisotopic (exact) mass is 203 g/mol. The van der Waals surface area contributed by atoms with Gasteiger partial charge in [-0.1, -0.05) is 0 Å². The Hall–Kier alpha value is -1.91. The van der Waals surface area contributed by atoms with Gasteiger partial charge in [0, 0.05) is 24.5 Å². The molecule has 0 aliphatic carbocycles. The van der Waals surface area contributed by atoms with Gasteiger partial charge in [-0.2, -0.15) is 5.10 Å². The zero-order valence-corrected chi connectivity index (χ0v) is 8.81. The van der Waals surface area contributed by atoms with Crippen molar-refractivity contribution in [2.24, 2.45) is 0 Å². The number of nitrogens with zero attached hydrogens (tertiary/aromatic N) is 4. The quantitative estimate of drug-likeness (QED) is 0.825. The first-order valence-electron chi connectivity index (χ1n) is 4.86. The fourth-order valence-corrected chi connectivity index (χ4v) is 1.27. The van der Waals surface area contributed by atoms with E-state index in [1.807, 2.05) is 30.8 Å². The molecule has 0 radical (unpaired) electrons. The Morgan fingerprint density at radius 1 is 1.40 bits per heavy atom. The Balaban J connectivity index is 2.14. The first kappa shape index (κ1) is 9.64. The molecule has 0 amide bonds. The summed E-state index contributed by atoms with van der Waals surface area (Å²) in [6, 6.07) is 1.89. The first-order chi connectivity index (χ1) is 7.28. The predicted octanol–water partition coefficient (Wildman–Crippen LogP) is 1.75. The lowest BCUT2D eigenvalue weighted by molar-refractivity contribution is 0.660. The van der Waals surface area contributed by atoms with E-state index < -0.39 is 0 Å². The van der Waals surface area contributed by atoms with E-state index in [4.69, 9.17) is 0 Å². The van der Waals surface area contributed by atoms with Crippen molar-refractivity contribution >= 4 is 11.5 Å². The van der Waals surface area contributed by atoms with Crippen LogP contribution in [0.15, 0.2) is 24.8 Å². The van der Waals surface area contributed by atoms with Gasteiger partial charge in [-0.25, -0.2) is 9.97 Å². The van der Waals surface area contributed by atoms with Gasteiger partial charge in [0.05, 0.1) is 11.9 Å². The standard InChI is InChI=1S/C10H13N5/c1-3-15-6-9(5-13-15)14-10-4-8(2)11-7-12-10/h4-7H,3H2,1-2H3,(H,11,12,14). The maximum Gasteiger partial charge on any atom is 0.134 e. The molecule has 1 N–H and O–H groups in total. The van der Waals surface area contributed by atoms with Crippen LogP contribution in [0.4, 0.5) is 11.5 Å². The maximum absolute atomic E-state index is 4.16. The average molecular weight is 203 g/mol. The molecule has 0 atom stereocenters. The Bertz CT molecular complexity index is 449. The molecule has 78 valence electrons. The van der Waals surface area contributed by atoms with Crippen LogP contribution in [0.25, 0.3) is 0 Å². The van der Waals surface area contributed by atoms with Crippen LogP contribution in [0.2, 0.25) is 0 Å². The summed E-state index contributed by atoms with van der Waals surface area (Å²) in [6.07, 6.45) is 5.26. The number of aryl methyl sites for hydroxylation is 2. The summed E-state index contributed by atoms with van der Waals surface area (Å²) in [7, 11) is 0. The van der Waals surface area contributed by atoms with Crippen molar-refractivity contribution in [2.45, 2.75) is 20.4 Å². The molecule has 0 bridgehead atoms. The number of hydrogen-bond donors (Lipinski definition) is 1. The predicted molar refractivity (Wildman–Crippen MR) is 58.0 cm³/mol. The molecule has 2 rings (SSSR count). The molecule has 5 heteroatoms. The lowest BCUT2D eigenvalue weighted by atomic mass is 10.4. The molecule has 0 spiro atoms. The highest BCUT2D eigenvalue weighted by Crippen LogP contribution is 2.12. The van der Waals surface area contributed by atoms with Crippen LogP contribution in [0.1, 0.15) is 12.6 Å². The highest BCUT2D eigenvalue weighted by Gasteiger charge is 1.99. The SMILES string of the molecule is CCn1cc(Nc2cc(C)ncn2)cn1. The highest BCUT2D eigenvalue weighted by atomic mass is 15.3. The lowest BCUT2D eigenvalue weighted by Crippen LogP contribution is -1.95. The van der Waals surface area contributed by atoms with E-state index in [2.05, 4.69) is 20.4 Å². The van der Waals surface area contributed by atoms with Gasteiger partial charge < -0.3 is 5.32 Å². The van der Waals surface area contributed by atoms with Crippen LogP contribution in [-0.2, 0) is 6.54 Å². The average Bonchev–Trinajstić information content (AvgIpc) is 2.65. The van der Waals surface area contributed by atoms with Gasteiger partial charge in [0.1, 0.15) is 12.1 Å². The third-order valence-corrected chi connectivity index (χ3v) is 2.03. The van der Waals surface area contributed by atoms with Crippen LogP contribution in [0.3, 0.4) is 0 Å². The second-order valence-corrected chi connectivity index (χ2v) is 3.25. The molecule has 0 fully saturated rings. The van der Waals surface area contributed by atoms with Gasteiger partial charge >= 0.3 is 0 Å². The third-order valence-electron chi connectivity index (χ3n) is 2.03.